The van der Waals surface area contributed by atoms with E-state index in [-0.39, 0.29) is 5.69 Å². The monoisotopic (exact) mass is 399 g/mol. The molecule has 0 radical (unpaired) electrons. The summed E-state index contributed by atoms with van der Waals surface area (Å²) >= 11 is 0. The lowest BCUT2D eigenvalue weighted by atomic mass is 10.0. The van der Waals surface area contributed by atoms with E-state index >= 15 is 0 Å². The first kappa shape index (κ1) is 19.6. The smallest absolute Gasteiger partial charge is 0.274 e. The molecular weight excluding hydrogens is 377 g/mol. The Balaban J connectivity index is 1.81. The summed E-state index contributed by atoms with van der Waals surface area (Å²) in [5, 5.41) is 7.37. The molecule has 0 saturated heterocycles. The van der Waals surface area contributed by atoms with Crippen molar-refractivity contribution in [3.05, 3.63) is 101 Å². The second kappa shape index (κ2) is 7.95. The quantitative estimate of drug-likeness (QED) is 0.467. The molecule has 4 nitrogen and oxygen atoms in total. The second-order valence-corrected chi connectivity index (χ2v) is 7.40. The highest BCUT2D eigenvalue weighted by molar-refractivity contribution is 6.04. The molecule has 0 saturated carbocycles. The standard InChI is InChI=1S/C25H22FN3O/c1-16-7-6-8-20(13-16)29-24(25(30)27-22-10-5-4-9-21(22)26)15-23(28-29)19-12-11-17(2)18(3)14-19/h4-15H,1-3H3,(H,27,30). The number of amides is 1. The van der Waals surface area contributed by atoms with Gasteiger partial charge in [-0.2, -0.15) is 5.10 Å². The summed E-state index contributed by atoms with van der Waals surface area (Å²) in [7, 11) is 0. The fraction of sp³-hybridized carbons (Fsp3) is 0.120. The first-order chi connectivity index (χ1) is 14.4. The van der Waals surface area contributed by atoms with Gasteiger partial charge >= 0.3 is 0 Å². The number of carbonyl (C=O) groups is 1. The second-order valence-electron chi connectivity index (χ2n) is 7.40. The molecule has 0 aliphatic heterocycles. The van der Waals surface area contributed by atoms with Crippen molar-refractivity contribution in [2.45, 2.75) is 20.8 Å². The topological polar surface area (TPSA) is 46.9 Å². The maximum atomic E-state index is 14.1. The van der Waals surface area contributed by atoms with Crippen LogP contribution in [0, 0.1) is 26.6 Å². The van der Waals surface area contributed by atoms with Gasteiger partial charge in [0.05, 0.1) is 17.1 Å². The van der Waals surface area contributed by atoms with Crippen molar-refractivity contribution in [2.24, 2.45) is 0 Å². The number of nitrogens with zero attached hydrogens (tertiary/aromatic N) is 2. The highest BCUT2D eigenvalue weighted by Gasteiger charge is 2.19. The van der Waals surface area contributed by atoms with Crippen molar-refractivity contribution in [2.75, 3.05) is 5.32 Å². The first-order valence-electron chi connectivity index (χ1n) is 9.73. The van der Waals surface area contributed by atoms with Gasteiger partial charge in [0.25, 0.3) is 5.91 Å². The Morgan fingerprint density at radius 2 is 1.70 bits per heavy atom. The Labute approximate surface area is 175 Å². The van der Waals surface area contributed by atoms with Crippen LogP contribution < -0.4 is 5.32 Å². The van der Waals surface area contributed by atoms with Gasteiger partial charge in [-0.3, -0.25) is 4.79 Å². The van der Waals surface area contributed by atoms with Crippen LogP contribution in [0.5, 0.6) is 0 Å². The number of nitrogens with one attached hydrogen (secondary N) is 1. The van der Waals surface area contributed by atoms with Crippen molar-refractivity contribution in [1.29, 1.82) is 0 Å². The third kappa shape index (κ3) is 3.87. The minimum atomic E-state index is -0.484. The Kier molecular flexibility index (Phi) is 5.19. The van der Waals surface area contributed by atoms with Crippen LogP contribution in [0.2, 0.25) is 0 Å². The molecular formula is C25H22FN3O. The zero-order chi connectivity index (χ0) is 21.3. The summed E-state index contributed by atoms with van der Waals surface area (Å²) in [6.45, 7) is 6.08. The van der Waals surface area contributed by atoms with E-state index in [1.807, 2.05) is 50.2 Å². The first-order valence-corrected chi connectivity index (χ1v) is 9.73. The van der Waals surface area contributed by atoms with Gasteiger partial charge in [-0.25, -0.2) is 9.07 Å². The molecule has 0 fully saturated rings. The molecule has 4 rings (SSSR count). The van der Waals surface area contributed by atoms with Crippen LogP contribution in [-0.4, -0.2) is 15.7 Å². The van der Waals surface area contributed by atoms with E-state index in [0.29, 0.717) is 11.4 Å². The van der Waals surface area contributed by atoms with Crippen LogP contribution in [0.1, 0.15) is 27.2 Å². The predicted octanol–water partition coefficient (Wildman–Crippen LogP) is 5.86. The Bertz CT molecular complexity index is 1240. The maximum absolute atomic E-state index is 14.1. The van der Waals surface area contributed by atoms with Gasteiger partial charge in [0.2, 0.25) is 0 Å². The largest absolute Gasteiger partial charge is 0.318 e. The van der Waals surface area contributed by atoms with Gasteiger partial charge in [-0.05, 0) is 73.9 Å². The highest BCUT2D eigenvalue weighted by Crippen LogP contribution is 2.25. The number of rotatable bonds is 4. The zero-order valence-electron chi connectivity index (χ0n) is 17.1. The van der Waals surface area contributed by atoms with Crippen molar-refractivity contribution < 1.29 is 9.18 Å². The minimum absolute atomic E-state index is 0.132. The molecule has 1 aromatic heterocycles. The molecule has 4 aromatic rings. The van der Waals surface area contributed by atoms with Crippen LogP contribution in [0.15, 0.2) is 72.8 Å². The molecule has 5 heteroatoms. The molecule has 0 aliphatic carbocycles. The van der Waals surface area contributed by atoms with Gasteiger partial charge in [0, 0.05) is 5.56 Å². The van der Waals surface area contributed by atoms with E-state index in [1.165, 1.54) is 17.7 Å². The predicted molar refractivity (Wildman–Crippen MR) is 118 cm³/mol. The van der Waals surface area contributed by atoms with Gasteiger partial charge in [-0.1, -0.05) is 36.4 Å². The van der Waals surface area contributed by atoms with Crippen molar-refractivity contribution in [3.8, 4) is 16.9 Å². The third-order valence-corrected chi connectivity index (χ3v) is 5.11. The number of para-hydroxylation sites is 1. The van der Waals surface area contributed by atoms with E-state index in [4.69, 9.17) is 5.10 Å². The highest BCUT2D eigenvalue weighted by atomic mass is 19.1. The molecule has 3 aromatic carbocycles. The summed E-state index contributed by atoms with van der Waals surface area (Å²) in [6.07, 6.45) is 0. The lowest BCUT2D eigenvalue weighted by molar-refractivity contribution is 0.101. The molecule has 1 heterocycles. The average molecular weight is 399 g/mol. The fourth-order valence-corrected chi connectivity index (χ4v) is 3.29. The van der Waals surface area contributed by atoms with Crippen LogP contribution in [0.25, 0.3) is 16.9 Å². The maximum Gasteiger partial charge on any atom is 0.274 e. The number of benzene rings is 3. The summed E-state index contributed by atoms with van der Waals surface area (Å²) in [6, 6.07) is 21.7. The van der Waals surface area contributed by atoms with Crippen LogP contribution in [0.3, 0.4) is 0 Å². The van der Waals surface area contributed by atoms with Crippen molar-refractivity contribution in [1.82, 2.24) is 9.78 Å². The fourth-order valence-electron chi connectivity index (χ4n) is 3.29. The van der Waals surface area contributed by atoms with E-state index < -0.39 is 11.7 Å². The molecule has 0 unspecified atom stereocenters. The van der Waals surface area contributed by atoms with Gasteiger partial charge in [-0.15, -0.1) is 0 Å². The normalized spacial score (nSPS) is 10.8. The van der Waals surface area contributed by atoms with Crippen molar-refractivity contribution in [3.63, 3.8) is 0 Å². The molecule has 150 valence electrons. The van der Waals surface area contributed by atoms with Gasteiger partial charge < -0.3 is 5.32 Å². The number of aromatic nitrogens is 2. The Morgan fingerprint density at radius 1 is 0.900 bits per heavy atom. The number of hydrogen-bond donors (Lipinski definition) is 1. The minimum Gasteiger partial charge on any atom is -0.318 e. The van der Waals surface area contributed by atoms with Crippen LogP contribution in [0.4, 0.5) is 10.1 Å². The summed E-state index contributed by atoms with van der Waals surface area (Å²) < 4.78 is 15.7. The van der Waals surface area contributed by atoms with Gasteiger partial charge in [0.15, 0.2) is 0 Å². The Hall–Kier alpha value is -3.73. The molecule has 0 spiro atoms. The van der Waals surface area contributed by atoms with E-state index in [9.17, 15) is 9.18 Å². The summed E-state index contributed by atoms with van der Waals surface area (Å²) in [5.74, 6) is -0.911. The molecule has 0 bridgehead atoms. The summed E-state index contributed by atoms with van der Waals surface area (Å²) in [4.78, 5) is 13.1. The lowest BCUT2D eigenvalue weighted by Crippen LogP contribution is -2.17. The van der Waals surface area contributed by atoms with E-state index in [2.05, 4.69) is 18.3 Å². The van der Waals surface area contributed by atoms with Crippen LogP contribution in [-0.2, 0) is 0 Å². The Morgan fingerprint density at radius 3 is 2.43 bits per heavy atom. The number of hydrogen-bond acceptors (Lipinski definition) is 2. The number of anilines is 1. The number of carbonyl (C=O) groups excluding carboxylic acids is 1. The number of halogens is 1. The van der Waals surface area contributed by atoms with Crippen molar-refractivity contribution >= 4 is 11.6 Å². The lowest BCUT2D eigenvalue weighted by Gasteiger charge is -2.09. The molecule has 1 N–H and O–H groups in total. The third-order valence-electron chi connectivity index (χ3n) is 5.11. The molecule has 0 aliphatic rings. The molecule has 0 atom stereocenters. The zero-order valence-corrected chi connectivity index (χ0v) is 17.1. The average Bonchev–Trinajstić information content (AvgIpc) is 3.17. The molecule has 30 heavy (non-hydrogen) atoms. The summed E-state index contributed by atoms with van der Waals surface area (Å²) in [5.41, 5.74) is 6.22. The van der Waals surface area contributed by atoms with E-state index in [0.717, 1.165) is 22.4 Å². The molecule has 1 amide bonds. The van der Waals surface area contributed by atoms with Gasteiger partial charge in [0.1, 0.15) is 11.5 Å². The van der Waals surface area contributed by atoms with E-state index in [1.54, 1.807) is 22.9 Å². The van der Waals surface area contributed by atoms with Crippen LogP contribution >= 0.6 is 0 Å². The SMILES string of the molecule is Cc1cccc(-n2nc(-c3ccc(C)c(C)c3)cc2C(=O)Nc2ccccc2F)c1. The number of aryl methyl sites for hydroxylation is 3.